The summed E-state index contributed by atoms with van der Waals surface area (Å²) in [6.07, 6.45) is 1.77. The second-order valence-electron chi connectivity index (χ2n) is 5.08. The van der Waals surface area contributed by atoms with Gasteiger partial charge in [0, 0.05) is 29.5 Å². The van der Waals surface area contributed by atoms with Crippen molar-refractivity contribution in [2.45, 2.75) is 6.92 Å². The summed E-state index contributed by atoms with van der Waals surface area (Å²) in [7, 11) is 1.90. The summed E-state index contributed by atoms with van der Waals surface area (Å²) in [5.41, 5.74) is 4.31. The fraction of sp³-hybridized carbons (Fsp3) is 0.118. The Bertz CT molecular complexity index is 807. The van der Waals surface area contributed by atoms with E-state index in [1.165, 1.54) is 6.07 Å². The van der Waals surface area contributed by atoms with Crippen LogP contribution in [0.25, 0.3) is 11.3 Å². The lowest BCUT2D eigenvalue weighted by Gasteiger charge is -2.12. The van der Waals surface area contributed by atoms with Gasteiger partial charge < -0.3 is 5.32 Å². The Balaban J connectivity index is 1.97. The summed E-state index contributed by atoms with van der Waals surface area (Å²) < 4.78 is 16.4. The van der Waals surface area contributed by atoms with E-state index in [2.05, 4.69) is 26.3 Å². The van der Waals surface area contributed by atoms with Crippen LogP contribution in [-0.4, -0.2) is 9.78 Å². The Kier molecular flexibility index (Phi) is 3.98. The molecule has 22 heavy (non-hydrogen) atoms. The molecule has 0 saturated carbocycles. The number of benzene rings is 2. The normalized spacial score (nSPS) is 10.7. The minimum absolute atomic E-state index is 0.212. The topological polar surface area (TPSA) is 29.9 Å². The summed E-state index contributed by atoms with van der Waals surface area (Å²) in [6.45, 7) is 1.76. The maximum Gasteiger partial charge on any atom is 0.128 e. The zero-order chi connectivity index (χ0) is 15.7. The molecule has 0 aliphatic rings. The molecule has 0 fully saturated rings. The highest BCUT2D eigenvalue weighted by molar-refractivity contribution is 9.10. The van der Waals surface area contributed by atoms with Crippen LogP contribution in [0.1, 0.15) is 5.56 Å². The molecule has 3 aromatic rings. The Morgan fingerprint density at radius 1 is 1.18 bits per heavy atom. The third-order valence-electron chi connectivity index (χ3n) is 3.58. The molecule has 0 bridgehead atoms. The summed E-state index contributed by atoms with van der Waals surface area (Å²) >= 11 is 3.51. The third kappa shape index (κ3) is 2.76. The van der Waals surface area contributed by atoms with E-state index in [0.717, 1.165) is 27.1 Å². The Morgan fingerprint density at radius 2 is 1.95 bits per heavy atom. The van der Waals surface area contributed by atoms with Crippen molar-refractivity contribution < 1.29 is 4.39 Å². The van der Waals surface area contributed by atoms with Crippen molar-refractivity contribution in [3.05, 3.63) is 64.5 Å². The number of nitrogens with zero attached hydrogens (tertiary/aromatic N) is 2. The number of aromatic nitrogens is 2. The number of nitrogens with one attached hydrogen (secondary N) is 1. The molecule has 0 radical (unpaired) electrons. The number of hydrogen-bond acceptors (Lipinski definition) is 2. The highest BCUT2D eigenvalue weighted by Gasteiger charge is 2.10. The van der Waals surface area contributed by atoms with E-state index in [4.69, 9.17) is 0 Å². The molecule has 3 nitrogen and oxygen atoms in total. The van der Waals surface area contributed by atoms with Gasteiger partial charge in [-0.3, -0.25) is 4.68 Å². The fourth-order valence-corrected chi connectivity index (χ4v) is 2.96. The molecule has 0 unspecified atom stereocenters. The minimum atomic E-state index is -0.212. The lowest BCUT2D eigenvalue weighted by molar-refractivity contribution is 0.619. The lowest BCUT2D eigenvalue weighted by atomic mass is 10.1. The van der Waals surface area contributed by atoms with E-state index < -0.39 is 0 Å². The molecule has 5 heteroatoms. The molecule has 0 atom stereocenters. The number of rotatable bonds is 3. The summed E-state index contributed by atoms with van der Waals surface area (Å²) in [5.74, 6) is -0.212. The first-order chi connectivity index (χ1) is 10.6. The highest BCUT2D eigenvalue weighted by atomic mass is 79.9. The van der Waals surface area contributed by atoms with E-state index in [9.17, 15) is 4.39 Å². The molecule has 1 aromatic heterocycles. The van der Waals surface area contributed by atoms with Crippen LogP contribution in [0.2, 0.25) is 0 Å². The van der Waals surface area contributed by atoms with Crippen molar-refractivity contribution in [2.24, 2.45) is 7.05 Å². The number of anilines is 2. The second kappa shape index (κ2) is 5.93. The van der Waals surface area contributed by atoms with Crippen LogP contribution < -0.4 is 5.32 Å². The van der Waals surface area contributed by atoms with Gasteiger partial charge in [-0.15, -0.1) is 0 Å². The van der Waals surface area contributed by atoms with Crippen molar-refractivity contribution in [3.63, 3.8) is 0 Å². The van der Waals surface area contributed by atoms with Gasteiger partial charge in [0.05, 0.1) is 16.4 Å². The van der Waals surface area contributed by atoms with E-state index in [-0.39, 0.29) is 5.82 Å². The minimum Gasteiger partial charge on any atom is -0.355 e. The molecule has 0 amide bonds. The lowest BCUT2D eigenvalue weighted by Crippen LogP contribution is -1.97. The van der Waals surface area contributed by atoms with Crippen molar-refractivity contribution >= 4 is 27.3 Å². The third-order valence-corrected chi connectivity index (χ3v) is 4.16. The molecular formula is C17H15BrFN3. The smallest absolute Gasteiger partial charge is 0.128 e. The van der Waals surface area contributed by atoms with Gasteiger partial charge in [0.1, 0.15) is 5.82 Å². The zero-order valence-electron chi connectivity index (χ0n) is 12.3. The molecule has 2 aromatic carbocycles. The first-order valence-corrected chi connectivity index (χ1v) is 7.65. The summed E-state index contributed by atoms with van der Waals surface area (Å²) in [4.78, 5) is 0. The maximum atomic E-state index is 13.6. The SMILES string of the molecule is Cc1c(F)cccc1Nc1cccc(-c2c(Br)cnn2C)c1. The van der Waals surface area contributed by atoms with Gasteiger partial charge in [0.2, 0.25) is 0 Å². The standard InChI is InChI=1S/C17H15BrFN3/c1-11-15(19)7-4-8-16(11)21-13-6-3-5-12(9-13)17-14(18)10-20-22(17)2/h3-10,21H,1-2H3. The number of halogens is 2. The van der Waals surface area contributed by atoms with Gasteiger partial charge in [-0.05, 0) is 47.1 Å². The van der Waals surface area contributed by atoms with E-state index >= 15 is 0 Å². The van der Waals surface area contributed by atoms with Gasteiger partial charge in [-0.2, -0.15) is 5.10 Å². The van der Waals surface area contributed by atoms with Crippen LogP contribution >= 0.6 is 15.9 Å². The van der Waals surface area contributed by atoms with Gasteiger partial charge in [0.25, 0.3) is 0 Å². The molecule has 112 valence electrons. The van der Waals surface area contributed by atoms with Crippen molar-refractivity contribution in [2.75, 3.05) is 5.32 Å². The average molecular weight is 360 g/mol. The summed E-state index contributed by atoms with van der Waals surface area (Å²) in [5, 5.41) is 7.50. The fourth-order valence-electron chi connectivity index (χ4n) is 2.38. The molecule has 0 spiro atoms. The Morgan fingerprint density at radius 3 is 2.68 bits per heavy atom. The first-order valence-electron chi connectivity index (χ1n) is 6.86. The Labute approximate surface area is 136 Å². The van der Waals surface area contributed by atoms with Crippen LogP contribution in [0.4, 0.5) is 15.8 Å². The largest absolute Gasteiger partial charge is 0.355 e. The predicted molar refractivity (Wildman–Crippen MR) is 90.8 cm³/mol. The Hall–Kier alpha value is -2.14. The van der Waals surface area contributed by atoms with Crippen LogP contribution in [0, 0.1) is 12.7 Å². The van der Waals surface area contributed by atoms with E-state index in [1.54, 1.807) is 19.2 Å². The van der Waals surface area contributed by atoms with Gasteiger partial charge in [-0.25, -0.2) is 4.39 Å². The number of aryl methyl sites for hydroxylation is 1. The highest BCUT2D eigenvalue weighted by Crippen LogP contribution is 2.30. The van der Waals surface area contributed by atoms with Crippen LogP contribution in [0.3, 0.4) is 0 Å². The monoisotopic (exact) mass is 359 g/mol. The molecule has 0 saturated heterocycles. The van der Waals surface area contributed by atoms with Crippen molar-refractivity contribution in [1.29, 1.82) is 0 Å². The molecule has 0 aliphatic carbocycles. The van der Waals surface area contributed by atoms with Crippen LogP contribution in [-0.2, 0) is 7.05 Å². The molecule has 0 aliphatic heterocycles. The van der Waals surface area contributed by atoms with Gasteiger partial charge >= 0.3 is 0 Å². The van der Waals surface area contributed by atoms with Crippen molar-refractivity contribution in [3.8, 4) is 11.3 Å². The van der Waals surface area contributed by atoms with E-state index in [1.807, 2.05) is 42.1 Å². The average Bonchev–Trinajstić information content (AvgIpc) is 2.83. The van der Waals surface area contributed by atoms with Gasteiger partial charge in [0.15, 0.2) is 0 Å². The van der Waals surface area contributed by atoms with Crippen LogP contribution in [0.15, 0.2) is 53.1 Å². The van der Waals surface area contributed by atoms with E-state index in [0.29, 0.717) is 5.56 Å². The zero-order valence-corrected chi connectivity index (χ0v) is 13.9. The van der Waals surface area contributed by atoms with Crippen LogP contribution in [0.5, 0.6) is 0 Å². The quantitative estimate of drug-likeness (QED) is 0.709. The first kappa shape index (κ1) is 14.8. The molecular weight excluding hydrogens is 345 g/mol. The number of hydrogen-bond donors (Lipinski definition) is 1. The molecule has 1 N–H and O–H groups in total. The van der Waals surface area contributed by atoms with Gasteiger partial charge in [-0.1, -0.05) is 18.2 Å². The molecule has 3 rings (SSSR count). The summed E-state index contributed by atoms with van der Waals surface area (Å²) in [6, 6.07) is 13.0. The van der Waals surface area contributed by atoms with Crippen molar-refractivity contribution in [1.82, 2.24) is 9.78 Å². The second-order valence-corrected chi connectivity index (χ2v) is 5.94. The predicted octanol–water partition coefficient (Wildman–Crippen LogP) is 5.04. The molecule has 1 heterocycles. The maximum absolute atomic E-state index is 13.6.